The molecule has 0 aliphatic carbocycles. The number of pyridine rings is 1. The first-order chi connectivity index (χ1) is 8.77. The fourth-order valence-electron chi connectivity index (χ4n) is 2.03. The summed E-state index contributed by atoms with van der Waals surface area (Å²) in [6.07, 6.45) is 3.44. The van der Waals surface area contributed by atoms with Crippen molar-refractivity contribution in [2.24, 2.45) is 0 Å². The van der Waals surface area contributed by atoms with Crippen molar-refractivity contribution >= 4 is 27.9 Å². The van der Waals surface area contributed by atoms with Gasteiger partial charge < -0.3 is 0 Å². The van der Waals surface area contributed by atoms with Crippen molar-refractivity contribution in [1.29, 1.82) is 0 Å². The van der Waals surface area contributed by atoms with E-state index >= 15 is 0 Å². The normalized spacial score (nSPS) is 10.7. The minimum absolute atomic E-state index is 0.0619. The number of hydrogen-bond donors (Lipinski definition) is 0. The van der Waals surface area contributed by atoms with Gasteiger partial charge in [-0.15, -0.1) is 11.3 Å². The molecule has 18 heavy (non-hydrogen) atoms. The Hall–Kier alpha value is -2.00. The van der Waals surface area contributed by atoms with Crippen molar-refractivity contribution in [1.82, 2.24) is 4.98 Å². The van der Waals surface area contributed by atoms with E-state index in [9.17, 15) is 4.79 Å². The van der Waals surface area contributed by atoms with Crippen molar-refractivity contribution in [2.45, 2.75) is 6.92 Å². The van der Waals surface area contributed by atoms with Crippen LogP contribution in [0.3, 0.4) is 0 Å². The number of aromatic nitrogens is 1. The van der Waals surface area contributed by atoms with Gasteiger partial charge in [-0.2, -0.15) is 0 Å². The van der Waals surface area contributed by atoms with Crippen LogP contribution in [0.15, 0.2) is 48.1 Å². The highest BCUT2D eigenvalue weighted by Gasteiger charge is 2.15. The average Bonchev–Trinajstić information content (AvgIpc) is 2.83. The summed E-state index contributed by atoms with van der Waals surface area (Å²) in [6.45, 7) is 1.96. The Labute approximate surface area is 109 Å². The lowest BCUT2D eigenvalue weighted by molar-refractivity contribution is 0.104. The molecule has 0 saturated heterocycles. The molecule has 1 aromatic carbocycles. The van der Waals surface area contributed by atoms with Crippen LogP contribution < -0.4 is 0 Å². The van der Waals surface area contributed by atoms with E-state index in [1.807, 2.05) is 42.6 Å². The lowest BCUT2D eigenvalue weighted by atomic mass is 10.0. The van der Waals surface area contributed by atoms with Crippen molar-refractivity contribution < 1.29 is 4.79 Å². The maximum atomic E-state index is 12.5. The van der Waals surface area contributed by atoms with Crippen LogP contribution in [0.4, 0.5) is 0 Å². The van der Waals surface area contributed by atoms with Crippen LogP contribution in [0.1, 0.15) is 20.8 Å². The number of nitrogens with zero attached hydrogens (tertiary/aromatic N) is 1. The molecule has 0 radical (unpaired) electrons. The van der Waals surface area contributed by atoms with E-state index in [1.165, 1.54) is 11.3 Å². The SMILES string of the molecule is Cc1ccsc1C(=O)c1cncc2ccccc12. The van der Waals surface area contributed by atoms with Gasteiger partial charge >= 0.3 is 0 Å². The summed E-state index contributed by atoms with van der Waals surface area (Å²) in [7, 11) is 0. The summed E-state index contributed by atoms with van der Waals surface area (Å²) in [5.74, 6) is 0.0619. The molecule has 0 spiro atoms. The van der Waals surface area contributed by atoms with Gasteiger partial charge in [-0.3, -0.25) is 9.78 Å². The molecular weight excluding hydrogens is 242 g/mol. The Morgan fingerprint density at radius 2 is 2.00 bits per heavy atom. The zero-order valence-electron chi connectivity index (χ0n) is 9.88. The Kier molecular flexibility index (Phi) is 2.68. The number of hydrogen-bond acceptors (Lipinski definition) is 3. The highest BCUT2D eigenvalue weighted by molar-refractivity contribution is 7.12. The van der Waals surface area contributed by atoms with Gasteiger partial charge in [-0.05, 0) is 29.3 Å². The monoisotopic (exact) mass is 253 g/mol. The Balaban J connectivity index is 2.21. The second-order valence-electron chi connectivity index (χ2n) is 4.17. The van der Waals surface area contributed by atoms with Crippen molar-refractivity contribution in [2.75, 3.05) is 0 Å². The number of ketones is 1. The van der Waals surface area contributed by atoms with Gasteiger partial charge in [-0.1, -0.05) is 24.3 Å². The molecular formula is C15H11NOS. The molecule has 0 aliphatic heterocycles. The molecule has 3 heteroatoms. The van der Waals surface area contributed by atoms with Gasteiger partial charge in [0.25, 0.3) is 0 Å². The van der Waals surface area contributed by atoms with Crippen LogP contribution >= 0.6 is 11.3 Å². The molecule has 0 saturated carbocycles. The number of rotatable bonds is 2. The molecule has 0 unspecified atom stereocenters. The Morgan fingerprint density at radius 1 is 1.17 bits per heavy atom. The minimum Gasteiger partial charge on any atom is -0.288 e. The molecule has 2 heterocycles. The molecule has 0 N–H and O–H groups in total. The predicted octanol–water partition coefficient (Wildman–Crippen LogP) is 3.84. The average molecular weight is 253 g/mol. The first-order valence-electron chi connectivity index (χ1n) is 5.69. The van der Waals surface area contributed by atoms with E-state index in [0.29, 0.717) is 5.56 Å². The van der Waals surface area contributed by atoms with Crippen molar-refractivity contribution in [3.8, 4) is 0 Å². The number of fused-ring (bicyclic) bond motifs is 1. The summed E-state index contributed by atoms with van der Waals surface area (Å²) >= 11 is 1.48. The fourth-order valence-corrected chi connectivity index (χ4v) is 2.90. The van der Waals surface area contributed by atoms with Crippen LogP contribution in [-0.4, -0.2) is 10.8 Å². The highest BCUT2D eigenvalue weighted by Crippen LogP contribution is 2.24. The third-order valence-corrected chi connectivity index (χ3v) is 4.00. The topological polar surface area (TPSA) is 30.0 Å². The van der Waals surface area contributed by atoms with E-state index in [4.69, 9.17) is 0 Å². The summed E-state index contributed by atoms with van der Waals surface area (Å²) in [6, 6.07) is 9.80. The van der Waals surface area contributed by atoms with Crippen LogP contribution in [-0.2, 0) is 0 Å². The van der Waals surface area contributed by atoms with Crippen molar-refractivity contribution in [3.05, 3.63) is 64.1 Å². The van der Waals surface area contributed by atoms with E-state index in [0.717, 1.165) is 21.2 Å². The summed E-state index contributed by atoms with van der Waals surface area (Å²) in [5.41, 5.74) is 1.71. The fraction of sp³-hybridized carbons (Fsp3) is 0.0667. The standard InChI is InChI=1S/C15H11NOS/c1-10-6-7-18-15(10)14(17)13-9-16-8-11-4-2-3-5-12(11)13/h2-9H,1H3. The first-order valence-corrected chi connectivity index (χ1v) is 6.57. The molecule has 0 fully saturated rings. The van der Waals surface area contributed by atoms with Crippen LogP contribution in [0, 0.1) is 6.92 Å². The van der Waals surface area contributed by atoms with E-state index in [1.54, 1.807) is 12.4 Å². The molecule has 88 valence electrons. The maximum Gasteiger partial charge on any atom is 0.205 e. The summed E-state index contributed by atoms with van der Waals surface area (Å²) in [5, 5.41) is 3.91. The van der Waals surface area contributed by atoms with Gasteiger partial charge in [-0.25, -0.2) is 0 Å². The molecule has 0 bridgehead atoms. The molecule has 2 aromatic heterocycles. The molecule has 0 atom stereocenters. The predicted molar refractivity (Wildman–Crippen MR) is 74.2 cm³/mol. The second kappa shape index (κ2) is 4.35. The molecule has 3 aromatic rings. The van der Waals surface area contributed by atoms with Gasteiger partial charge in [0.1, 0.15) is 0 Å². The quantitative estimate of drug-likeness (QED) is 0.649. The Morgan fingerprint density at radius 3 is 2.78 bits per heavy atom. The number of carbonyl (C=O) groups is 1. The van der Waals surface area contributed by atoms with E-state index in [-0.39, 0.29) is 5.78 Å². The van der Waals surface area contributed by atoms with Crippen LogP contribution in [0.25, 0.3) is 10.8 Å². The van der Waals surface area contributed by atoms with Gasteiger partial charge in [0, 0.05) is 23.3 Å². The maximum absolute atomic E-state index is 12.5. The van der Waals surface area contributed by atoms with Crippen LogP contribution in [0.5, 0.6) is 0 Å². The molecule has 2 nitrogen and oxygen atoms in total. The van der Waals surface area contributed by atoms with Gasteiger partial charge in [0.2, 0.25) is 5.78 Å². The largest absolute Gasteiger partial charge is 0.288 e. The third kappa shape index (κ3) is 1.73. The summed E-state index contributed by atoms with van der Waals surface area (Å²) < 4.78 is 0. The zero-order chi connectivity index (χ0) is 12.5. The zero-order valence-corrected chi connectivity index (χ0v) is 10.7. The second-order valence-corrected chi connectivity index (χ2v) is 5.09. The first kappa shape index (κ1) is 11.1. The van der Waals surface area contributed by atoms with Crippen LogP contribution in [0.2, 0.25) is 0 Å². The minimum atomic E-state index is 0.0619. The number of benzene rings is 1. The van der Waals surface area contributed by atoms with E-state index in [2.05, 4.69) is 4.98 Å². The van der Waals surface area contributed by atoms with Gasteiger partial charge in [0.05, 0.1) is 4.88 Å². The lowest BCUT2D eigenvalue weighted by Gasteiger charge is -2.04. The van der Waals surface area contributed by atoms with Crippen molar-refractivity contribution in [3.63, 3.8) is 0 Å². The Bertz CT molecular complexity index is 725. The lowest BCUT2D eigenvalue weighted by Crippen LogP contribution is -2.02. The smallest absolute Gasteiger partial charge is 0.205 e. The van der Waals surface area contributed by atoms with Gasteiger partial charge in [0.15, 0.2) is 0 Å². The number of aryl methyl sites for hydroxylation is 1. The third-order valence-electron chi connectivity index (χ3n) is 2.98. The highest BCUT2D eigenvalue weighted by atomic mass is 32.1. The number of thiophene rings is 1. The molecule has 0 amide bonds. The number of carbonyl (C=O) groups excluding carboxylic acids is 1. The molecule has 3 rings (SSSR count). The van der Waals surface area contributed by atoms with E-state index < -0.39 is 0 Å². The summed E-state index contributed by atoms with van der Waals surface area (Å²) in [4.78, 5) is 17.5. The molecule has 0 aliphatic rings.